The lowest BCUT2D eigenvalue weighted by molar-refractivity contribution is 0.0788. The zero-order valence-corrected chi connectivity index (χ0v) is 12.4. The molecule has 2 N–H and O–H groups in total. The van der Waals surface area contributed by atoms with Gasteiger partial charge in [-0.15, -0.1) is 12.4 Å². The van der Waals surface area contributed by atoms with Crippen LogP contribution in [0, 0.1) is 11.7 Å². The van der Waals surface area contributed by atoms with Crippen molar-refractivity contribution >= 4 is 18.3 Å². The van der Waals surface area contributed by atoms with Gasteiger partial charge in [0.05, 0.1) is 0 Å². The van der Waals surface area contributed by atoms with Crippen LogP contribution in [-0.4, -0.2) is 30.4 Å². The maximum absolute atomic E-state index is 13.0. The second kappa shape index (κ2) is 8.12. The summed E-state index contributed by atoms with van der Waals surface area (Å²) in [5, 5.41) is 0. The first-order chi connectivity index (χ1) is 8.41. The third-order valence-electron chi connectivity index (χ3n) is 3.07. The second-order valence-electron chi connectivity index (χ2n) is 4.93. The van der Waals surface area contributed by atoms with E-state index in [9.17, 15) is 9.18 Å². The SMILES string of the molecule is CC(C)C(N)CCN(C)C(=O)c1cccc(F)c1.Cl. The largest absolute Gasteiger partial charge is 0.342 e. The summed E-state index contributed by atoms with van der Waals surface area (Å²) in [6.07, 6.45) is 0.745. The van der Waals surface area contributed by atoms with E-state index < -0.39 is 5.82 Å². The molecule has 1 atom stereocenters. The fourth-order valence-electron chi connectivity index (χ4n) is 1.62. The molecule has 108 valence electrons. The first-order valence-corrected chi connectivity index (χ1v) is 6.18. The molecule has 1 rings (SSSR count). The number of rotatable bonds is 5. The molecule has 1 aromatic carbocycles. The van der Waals surface area contributed by atoms with Crippen molar-refractivity contribution in [3.63, 3.8) is 0 Å². The molecule has 0 fully saturated rings. The van der Waals surface area contributed by atoms with E-state index in [1.807, 2.05) is 0 Å². The van der Waals surface area contributed by atoms with E-state index in [1.165, 1.54) is 18.2 Å². The summed E-state index contributed by atoms with van der Waals surface area (Å²) in [6.45, 7) is 4.69. The molecule has 0 bridgehead atoms. The van der Waals surface area contributed by atoms with Crippen LogP contribution >= 0.6 is 12.4 Å². The number of carbonyl (C=O) groups excluding carboxylic acids is 1. The molecule has 0 radical (unpaired) electrons. The highest BCUT2D eigenvalue weighted by atomic mass is 35.5. The van der Waals surface area contributed by atoms with Crippen molar-refractivity contribution in [2.45, 2.75) is 26.3 Å². The Hall–Kier alpha value is -1.13. The van der Waals surface area contributed by atoms with Crippen LogP contribution < -0.4 is 5.73 Å². The summed E-state index contributed by atoms with van der Waals surface area (Å²) in [5.41, 5.74) is 6.30. The Morgan fingerprint density at radius 2 is 2.05 bits per heavy atom. The number of amides is 1. The quantitative estimate of drug-likeness (QED) is 0.905. The summed E-state index contributed by atoms with van der Waals surface area (Å²) in [5.74, 6) is -0.179. The van der Waals surface area contributed by atoms with Crippen LogP contribution in [0.15, 0.2) is 24.3 Å². The van der Waals surface area contributed by atoms with Crippen LogP contribution in [-0.2, 0) is 0 Å². The minimum absolute atomic E-state index is 0. The molecular weight excluding hydrogens is 267 g/mol. The van der Waals surface area contributed by atoms with Gasteiger partial charge in [0, 0.05) is 25.2 Å². The van der Waals surface area contributed by atoms with Crippen molar-refractivity contribution in [2.24, 2.45) is 11.7 Å². The smallest absolute Gasteiger partial charge is 0.253 e. The fourth-order valence-corrected chi connectivity index (χ4v) is 1.62. The van der Waals surface area contributed by atoms with Crippen LogP contribution in [0.25, 0.3) is 0 Å². The molecule has 0 aliphatic rings. The third-order valence-corrected chi connectivity index (χ3v) is 3.07. The van der Waals surface area contributed by atoms with Gasteiger partial charge in [0.25, 0.3) is 5.91 Å². The highest BCUT2D eigenvalue weighted by molar-refractivity contribution is 5.94. The molecule has 1 aromatic rings. The number of nitrogens with two attached hydrogens (primary N) is 1. The molecule has 0 heterocycles. The topological polar surface area (TPSA) is 46.3 Å². The van der Waals surface area contributed by atoms with Crippen molar-refractivity contribution in [1.82, 2.24) is 4.90 Å². The minimum Gasteiger partial charge on any atom is -0.342 e. The second-order valence-corrected chi connectivity index (χ2v) is 4.93. The van der Waals surface area contributed by atoms with Crippen molar-refractivity contribution < 1.29 is 9.18 Å². The molecule has 1 unspecified atom stereocenters. The molecule has 19 heavy (non-hydrogen) atoms. The first-order valence-electron chi connectivity index (χ1n) is 6.18. The van der Waals surface area contributed by atoms with Crippen LogP contribution in [0.1, 0.15) is 30.6 Å². The third kappa shape index (κ3) is 5.57. The molecule has 5 heteroatoms. The van der Waals surface area contributed by atoms with Gasteiger partial charge in [0.2, 0.25) is 0 Å². The van der Waals surface area contributed by atoms with E-state index in [0.29, 0.717) is 18.0 Å². The monoisotopic (exact) mass is 288 g/mol. The van der Waals surface area contributed by atoms with Gasteiger partial charge in [0.1, 0.15) is 5.82 Å². The summed E-state index contributed by atoms with van der Waals surface area (Å²) in [6, 6.07) is 5.81. The van der Waals surface area contributed by atoms with Gasteiger partial charge in [-0.1, -0.05) is 19.9 Å². The highest BCUT2D eigenvalue weighted by Gasteiger charge is 2.14. The van der Waals surface area contributed by atoms with E-state index in [1.54, 1.807) is 18.0 Å². The Balaban J connectivity index is 0.00000324. The Bertz CT molecular complexity index is 412. The lowest BCUT2D eigenvalue weighted by Gasteiger charge is -2.21. The lowest BCUT2D eigenvalue weighted by Crippen LogP contribution is -2.34. The van der Waals surface area contributed by atoms with Crippen molar-refractivity contribution in [2.75, 3.05) is 13.6 Å². The van der Waals surface area contributed by atoms with E-state index in [-0.39, 0.29) is 24.4 Å². The molecule has 0 aliphatic carbocycles. The summed E-state index contributed by atoms with van der Waals surface area (Å²) >= 11 is 0. The molecule has 0 saturated carbocycles. The Kier molecular flexibility index (Phi) is 7.64. The number of halogens is 2. The van der Waals surface area contributed by atoms with Crippen molar-refractivity contribution in [3.8, 4) is 0 Å². The van der Waals surface area contributed by atoms with E-state index in [0.717, 1.165) is 6.42 Å². The van der Waals surface area contributed by atoms with Gasteiger partial charge in [-0.25, -0.2) is 4.39 Å². The van der Waals surface area contributed by atoms with Gasteiger partial charge in [-0.2, -0.15) is 0 Å². The molecule has 0 spiro atoms. The lowest BCUT2D eigenvalue weighted by atomic mass is 10.0. The van der Waals surface area contributed by atoms with E-state index in [4.69, 9.17) is 5.73 Å². The summed E-state index contributed by atoms with van der Waals surface area (Å²) in [4.78, 5) is 13.6. The number of nitrogens with zero attached hydrogens (tertiary/aromatic N) is 1. The van der Waals surface area contributed by atoms with Crippen LogP contribution in [0.2, 0.25) is 0 Å². The molecular formula is C14H22ClFN2O. The Morgan fingerprint density at radius 1 is 1.42 bits per heavy atom. The number of benzene rings is 1. The van der Waals surface area contributed by atoms with Crippen LogP contribution in [0.5, 0.6) is 0 Å². The molecule has 0 saturated heterocycles. The Labute approximate surface area is 120 Å². The predicted octanol–water partition coefficient (Wildman–Crippen LogP) is 2.69. The average Bonchev–Trinajstić information content (AvgIpc) is 2.34. The maximum Gasteiger partial charge on any atom is 0.253 e. The van der Waals surface area contributed by atoms with Crippen molar-refractivity contribution in [1.29, 1.82) is 0 Å². The summed E-state index contributed by atoms with van der Waals surface area (Å²) in [7, 11) is 1.71. The first kappa shape index (κ1) is 17.9. The predicted molar refractivity (Wildman–Crippen MR) is 78.0 cm³/mol. The molecule has 0 aliphatic heterocycles. The van der Waals surface area contributed by atoms with E-state index >= 15 is 0 Å². The number of hydrogen-bond donors (Lipinski definition) is 1. The molecule has 3 nitrogen and oxygen atoms in total. The molecule has 1 amide bonds. The average molecular weight is 289 g/mol. The standard InChI is InChI=1S/C14H21FN2O.ClH/c1-10(2)13(16)7-8-17(3)14(18)11-5-4-6-12(15)9-11;/h4-6,9-10,13H,7-8,16H2,1-3H3;1H. The normalized spacial score (nSPS) is 11.9. The van der Waals surface area contributed by atoms with Gasteiger partial charge in [-0.05, 0) is 30.5 Å². The van der Waals surface area contributed by atoms with Gasteiger partial charge >= 0.3 is 0 Å². The maximum atomic E-state index is 13.0. The highest BCUT2D eigenvalue weighted by Crippen LogP contribution is 2.08. The zero-order chi connectivity index (χ0) is 13.7. The molecule has 0 aromatic heterocycles. The number of hydrogen-bond acceptors (Lipinski definition) is 2. The minimum atomic E-state index is -0.395. The van der Waals surface area contributed by atoms with Crippen LogP contribution in [0.3, 0.4) is 0 Å². The van der Waals surface area contributed by atoms with Gasteiger partial charge in [-0.3, -0.25) is 4.79 Å². The van der Waals surface area contributed by atoms with Crippen molar-refractivity contribution in [3.05, 3.63) is 35.6 Å². The number of carbonyl (C=O) groups is 1. The fraction of sp³-hybridized carbons (Fsp3) is 0.500. The zero-order valence-electron chi connectivity index (χ0n) is 11.6. The Morgan fingerprint density at radius 3 is 2.58 bits per heavy atom. The van der Waals surface area contributed by atoms with E-state index in [2.05, 4.69) is 13.8 Å². The summed E-state index contributed by atoms with van der Waals surface area (Å²) < 4.78 is 13.0. The van der Waals surface area contributed by atoms with Gasteiger partial charge < -0.3 is 10.6 Å². The van der Waals surface area contributed by atoms with Crippen LogP contribution in [0.4, 0.5) is 4.39 Å². The van der Waals surface area contributed by atoms with Gasteiger partial charge in [0.15, 0.2) is 0 Å².